The molecule has 120 valence electrons. The SMILES string of the molecule is C=C(C)[O-].C=C(C)[O-].O=C[C@@H](O)[C@H](O)[C@H](O)[C@@H](O)CCl. The standard InChI is InChI=1S/C6H11ClO5.2C3H6O/c7-1-3(9)5(11)6(12)4(10)2-8;2*1-3(2)4/h2-6,9-12H,1H2;2*4H,1H2,2H3/p-2/t3-,4+,5+,6-;;/m0../s1. The first-order valence-electron chi connectivity index (χ1n) is 5.39. The topological polar surface area (TPSA) is 144 Å². The lowest BCUT2D eigenvalue weighted by molar-refractivity contribution is -0.301. The average Bonchev–Trinajstić information content (AvgIpc) is 2.33. The van der Waals surface area contributed by atoms with Gasteiger partial charge in [0.2, 0.25) is 0 Å². The van der Waals surface area contributed by atoms with Gasteiger partial charge in [0.1, 0.15) is 18.3 Å². The molecule has 0 fully saturated rings. The Morgan fingerprint density at radius 2 is 1.40 bits per heavy atom. The summed E-state index contributed by atoms with van der Waals surface area (Å²) in [5, 5.41) is 54.2. The third kappa shape index (κ3) is 19.2. The molecule has 0 aliphatic heterocycles. The zero-order valence-electron chi connectivity index (χ0n) is 11.4. The third-order valence-electron chi connectivity index (χ3n) is 1.39. The van der Waals surface area contributed by atoms with Crippen LogP contribution in [0.2, 0.25) is 0 Å². The Hall–Kier alpha value is -1.12. The molecule has 7 nitrogen and oxygen atoms in total. The highest BCUT2D eigenvalue weighted by Gasteiger charge is 2.29. The summed E-state index contributed by atoms with van der Waals surface area (Å²) in [4.78, 5) is 9.93. The van der Waals surface area contributed by atoms with Gasteiger partial charge in [0.15, 0.2) is 6.29 Å². The van der Waals surface area contributed by atoms with E-state index in [0.717, 1.165) is 0 Å². The number of hydrogen-bond acceptors (Lipinski definition) is 7. The summed E-state index contributed by atoms with van der Waals surface area (Å²) in [6.45, 7) is 8.83. The van der Waals surface area contributed by atoms with Crippen LogP contribution in [0.25, 0.3) is 0 Å². The van der Waals surface area contributed by atoms with E-state index in [1.54, 1.807) is 0 Å². The summed E-state index contributed by atoms with van der Waals surface area (Å²) < 4.78 is 0. The van der Waals surface area contributed by atoms with Crippen LogP contribution in [0, 0.1) is 0 Å². The largest absolute Gasteiger partial charge is 0.876 e. The fourth-order valence-electron chi connectivity index (χ4n) is 0.601. The van der Waals surface area contributed by atoms with E-state index in [9.17, 15) is 15.0 Å². The van der Waals surface area contributed by atoms with Crippen molar-refractivity contribution in [3.8, 4) is 0 Å². The van der Waals surface area contributed by atoms with E-state index < -0.39 is 24.4 Å². The van der Waals surface area contributed by atoms with Crippen LogP contribution in [-0.2, 0) is 4.79 Å². The lowest BCUT2D eigenvalue weighted by Crippen LogP contribution is -2.45. The summed E-state index contributed by atoms with van der Waals surface area (Å²) in [6, 6.07) is 0. The van der Waals surface area contributed by atoms with Crippen molar-refractivity contribution in [3.63, 3.8) is 0 Å². The summed E-state index contributed by atoms with van der Waals surface area (Å²) >= 11 is 5.15. The summed E-state index contributed by atoms with van der Waals surface area (Å²) in [5.74, 6) is -0.455. The molecule has 0 amide bonds. The minimum atomic E-state index is -1.71. The van der Waals surface area contributed by atoms with E-state index in [-0.39, 0.29) is 23.7 Å². The number of alkyl halides is 1. The first-order valence-corrected chi connectivity index (χ1v) is 5.93. The van der Waals surface area contributed by atoms with Crippen molar-refractivity contribution in [2.45, 2.75) is 38.3 Å². The predicted octanol–water partition coefficient (Wildman–Crippen LogP) is -2.37. The molecule has 0 radical (unpaired) electrons. The molecule has 0 unspecified atom stereocenters. The van der Waals surface area contributed by atoms with Crippen LogP contribution in [-0.4, -0.2) is 57.0 Å². The van der Waals surface area contributed by atoms with Crippen molar-refractivity contribution in [2.24, 2.45) is 0 Å². The van der Waals surface area contributed by atoms with Crippen LogP contribution in [0.1, 0.15) is 13.8 Å². The van der Waals surface area contributed by atoms with Crippen LogP contribution in [0.4, 0.5) is 0 Å². The number of halogens is 1. The summed E-state index contributed by atoms with van der Waals surface area (Å²) in [6.07, 6.45) is -6.34. The second-order valence-corrected chi connectivity index (χ2v) is 4.04. The Bertz CT molecular complexity index is 263. The van der Waals surface area contributed by atoms with Gasteiger partial charge >= 0.3 is 0 Å². The zero-order valence-corrected chi connectivity index (χ0v) is 12.2. The van der Waals surface area contributed by atoms with Gasteiger partial charge in [-0.1, -0.05) is 13.8 Å². The fourth-order valence-corrected chi connectivity index (χ4v) is 0.784. The molecule has 4 atom stereocenters. The van der Waals surface area contributed by atoms with Crippen LogP contribution < -0.4 is 10.2 Å². The van der Waals surface area contributed by atoms with E-state index >= 15 is 0 Å². The van der Waals surface area contributed by atoms with Crippen LogP contribution >= 0.6 is 11.6 Å². The molecule has 0 aromatic rings. The molecule has 4 N–H and O–H groups in total. The number of aliphatic hydroxyl groups excluding tert-OH is 4. The molecular formula is C12H21ClO7-2. The number of aldehydes is 1. The molecule has 0 bridgehead atoms. The van der Waals surface area contributed by atoms with Crippen molar-refractivity contribution < 1.29 is 35.4 Å². The van der Waals surface area contributed by atoms with Crippen LogP contribution in [0.5, 0.6) is 0 Å². The van der Waals surface area contributed by atoms with Gasteiger partial charge in [-0.05, 0) is 0 Å². The maximum Gasteiger partial charge on any atom is 0.151 e. The van der Waals surface area contributed by atoms with Crippen molar-refractivity contribution in [1.29, 1.82) is 0 Å². The van der Waals surface area contributed by atoms with E-state index in [1.807, 2.05) is 0 Å². The molecule has 20 heavy (non-hydrogen) atoms. The first-order chi connectivity index (χ1) is 9.00. The van der Waals surface area contributed by atoms with Gasteiger partial charge in [-0.25, -0.2) is 0 Å². The molecular weight excluding hydrogens is 292 g/mol. The Labute approximate surface area is 123 Å². The van der Waals surface area contributed by atoms with Gasteiger partial charge in [0, 0.05) is 0 Å². The van der Waals surface area contributed by atoms with Gasteiger partial charge in [0.25, 0.3) is 0 Å². The summed E-state index contributed by atoms with van der Waals surface area (Å²) in [5.41, 5.74) is 0. The van der Waals surface area contributed by atoms with Gasteiger partial charge in [0.05, 0.1) is 12.0 Å². The number of rotatable bonds is 5. The highest BCUT2D eigenvalue weighted by molar-refractivity contribution is 6.18. The Morgan fingerprint density at radius 3 is 1.60 bits per heavy atom. The number of carbonyl (C=O) groups excluding carboxylic acids is 1. The highest BCUT2D eigenvalue weighted by Crippen LogP contribution is 2.04. The number of allylic oxidation sites excluding steroid dienone is 2. The van der Waals surface area contributed by atoms with Crippen LogP contribution in [0.3, 0.4) is 0 Å². The number of aliphatic hydroxyl groups is 4. The molecule has 0 aromatic heterocycles. The third-order valence-corrected chi connectivity index (χ3v) is 1.71. The lowest BCUT2D eigenvalue weighted by atomic mass is 10.1. The van der Waals surface area contributed by atoms with E-state index in [1.165, 1.54) is 13.8 Å². The highest BCUT2D eigenvalue weighted by atomic mass is 35.5. The molecule has 8 heteroatoms. The second-order valence-electron chi connectivity index (χ2n) is 3.73. The Balaban J connectivity index is -0.000000297. The molecule has 0 saturated carbocycles. The quantitative estimate of drug-likeness (QED) is 0.252. The van der Waals surface area contributed by atoms with Crippen molar-refractivity contribution in [1.82, 2.24) is 0 Å². The zero-order chi connectivity index (χ0) is 16.9. The normalized spacial score (nSPS) is 15.2. The molecule has 0 aliphatic rings. The maximum absolute atomic E-state index is 9.93. The number of hydrogen-bond donors (Lipinski definition) is 4. The molecule has 0 saturated heterocycles. The average molecular weight is 313 g/mol. The molecule has 0 rings (SSSR count). The van der Waals surface area contributed by atoms with Crippen LogP contribution in [0.15, 0.2) is 24.7 Å². The van der Waals surface area contributed by atoms with Crippen molar-refractivity contribution >= 4 is 17.9 Å². The first kappa shape index (κ1) is 23.9. The lowest BCUT2D eigenvalue weighted by Gasteiger charge is -2.22. The van der Waals surface area contributed by atoms with Crippen molar-refractivity contribution in [3.05, 3.63) is 24.7 Å². The monoisotopic (exact) mass is 312 g/mol. The maximum atomic E-state index is 9.93. The minimum absolute atomic E-state index is 0.0643. The second kappa shape index (κ2) is 14.3. The Kier molecular flexibility index (Phi) is 17.1. The fraction of sp³-hybridized carbons (Fsp3) is 0.583. The molecule has 0 aromatic carbocycles. The smallest absolute Gasteiger partial charge is 0.151 e. The van der Waals surface area contributed by atoms with Gasteiger partial charge in [-0.2, -0.15) is 0 Å². The van der Waals surface area contributed by atoms with Crippen molar-refractivity contribution in [2.75, 3.05) is 5.88 Å². The Morgan fingerprint density at radius 1 is 1.10 bits per heavy atom. The minimum Gasteiger partial charge on any atom is -0.876 e. The van der Waals surface area contributed by atoms with E-state index in [0.29, 0.717) is 0 Å². The van der Waals surface area contributed by atoms with E-state index in [2.05, 4.69) is 13.2 Å². The van der Waals surface area contributed by atoms with Gasteiger partial charge < -0.3 is 35.4 Å². The predicted molar refractivity (Wildman–Crippen MR) is 70.4 cm³/mol. The molecule has 0 heterocycles. The van der Waals surface area contributed by atoms with Gasteiger partial charge in [-0.15, -0.1) is 36.3 Å². The molecule has 0 aliphatic carbocycles. The van der Waals surface area contributed by atoms with Gasteiger partial charge in [-0.3, -0.25) is 0 Å². The summed E-state index contributed by atoms with van der Waals surface area (Å²) in [7, 11) is 0. The number of carbonyl (C=O) groups is 1. The van der Waals surface area contributed by atoms with E-state index in [4.69, 9.17) is 32.0 Å². The molecule has 0 spiro atoms.